The molecule has 1 fully saturated rings. The lowest BCUT2D eigenvalue weighted by molar-refractivity contribution is 0.129. The first-order valence-corrected chi connectivity index (χ1v) is 5.44. The maximum Gasteiger partial charge on any atom is 0.147 e. The Labute approximate surface area is 91.2 Å². The van der Waals surface area contributed by atoms with Gasteiger partial charge in [0.05, 0.1) is 17.1 Å². The summed E-state index contributed by atoms with van der Waals surface area (Å²) in [7, 11) is 0. The molecule has 1 aromatic heterocycles. The van der Waals surface area contributed by atoms with Crippen molar-refractivity contribution in [2.75, 3.05) is 19.8 Å². The lowest BCUT2D eigenvalue weighted by atomic mass is 10.3. The highest BCUT2D eigenvalue weighted by Gasteiger charge is 2.16. The Morgan fingerprint density at radius 2 is 2.21 bits per heavy atom. The molecule has 1 saturated heterocycles. The Hall–Kier alpha value is -0.520. The van der Waals surface area contributed by atoms with Crippen molar-refractivity contribution in [3.63, 3.8) is 0 Å². The van der Waals surface area contributed by atoms with E-state index in [4.69, 9.17) is 4.74 Å². The molecule has 0 bridgehead atoms. The molecule has 2 rings (SSSR count). The van der Waals surface area contributed by atoms with Crippen LogP contribution in [0, 0.1) is 0 Å². The lowest BCUT2D eigenvalue weighted by Gasteiger charge is -2.12. The number of hydrogen-bond acceptors (Lipinski definition) is 4. The van der Waals surface area contributed by atoms with Crippen molar-refractivity contribution in [1.82, 2.24) is 15.3 Å². The van der Waals surface area contributed by atoms with Crippen LogP contribution in [0.1, 0.15) is 18.3 Å². The van der Waals surface area contributed by atoms with Crippen LogP contribution in [0.25, 0.3) is 0 Å². The Morgan fingerprint density at radius 1 is 1.43 bits per heavy atom. The predicted molar refractivity (Wildman–Crippen MR) is 55.9 cm³/mol. The van der Waals surface area contributed by atoms with Gasteiger partial charge in [0.1, 0.15) is 5.82 Å². The van der Waals surface area contributed by atoms with E-state index in [-0.39, 0.29) is 6.04 Å². The Bertz CT molecular complexity index is 283. The van der Waals surface area contributed by atoms with Gasteiger partial charge in [-0.05, 0) is 28.9 Å². The molecule has 1 unspecified atom stereocenters. The van der Waals surface area contributed by atoms with Crippen molar-refractivity contribution in [3.05, 3.63) is 22.7 Å². The minimum absolute atomic E-state index is 0.130. The van der Waals surface area contributed by atoms with Crippen LogP contribution in [0.3, 0.4) is 0 Å². The topological polar surface area (TPSA) is 47.0 Å². The Morgan fingerprint density at radius 3 is 3.00 bits per heavy atom. The molecule has 0 aromatic carbocycles. The monoisotopic (exact) mass is 257 g/mol. The largest absolute Gasteiger partial charge is 0.379 e. The molecular weight excluding hydrogens is 246 g/mol. The van der Waals surface area contributed by atoms with Crippen LogP contribution in [0.4, 0.5) is 0 Å². The van der Waals surface area contributed by atoms with Gasteiger partial charge in [-0.3, -0.25) is 0 Å². The standard InChI is InChI=1S/C9H12BrN3O/c10-7-4-12-9(13-5-7)8-6-14-3-1-2-11-8/h4-5,8,11H,1-3,6H2. The van der Waals surface area contributed by atoms with E-state index in [9.17, 15) is 0 Å². The summed E-state index contributed by atoms with van der Waals surface area (Å²) in [4.78, 5) is 8.49. The zero-order valence-electron chi connectivity index (χ0n) is 7.74. The van der Waals surface area contributed by atoms with E-state index in [1.54, 1.807) is 12.4 Å². The minimum atomic E-state index is 0.130. The second kappa shape index (κ2) is 4.82. The van der Waals surface area contributed by atoms with Crippen LogP contribution in [-0.2, 0) is 4.74 Å². The zero-order valence-corrected chi connectivity index (χ0v) is 9.33. The third-order valence-corrected chi connectivity index (χ3v) is 2.50. The fourth-order valence-electron chi connectivity index (χ4n) is 1.38. The molecule has 1 N–H and O–H groups in total. The summed E-state index contributed by atoms with van der Waals surface area (Å²) in [5.74, 6) is 0.801. The molecule has 0 radical (unpaired) electrons. The number of nitrogens with one attached hydrogen (secondary N) is 1. The first kappa shape index (κ1) is 10.0. The summed E-state index contributed by atoms with van der Waals surface area (Å²) < 4.78 is 6.34. The Balaban J connectivity index is 2.08. The van der Waals surface area contributed by atoms with Gasteiger partial charge in [0.25, 0.3) is 0 Å². The number of halogens is 1. The van der Waals surface area contributed by atoms with Gasteiger partial charge in [0, 0.05) is 19.0 Å². The van der Waals surface area contributed by atoms with Gasteiger partial charge in [-0.1, -0.05) is 0 Å². The van der Waals surface area contributed by atoms with E-state index < -0.39 is 0 Å². The van der Waals surface area contributed by atoms with E-state index in [0.29, 0.717) is 6.61 Å². The van der Waals surface area contributed by atoms with Crippen LogP contribution in [-0.4, -0.2) is 29.7 Å². The van der Waals surface area contributed by atoms with Crippen LogP contribution in [0.5, 0.6) is 0 Å². The molecule has 1 aromatic rings. The second-order valence-corrected chi connectivity index (χ2v) is 4.11. The summed E-state index contributed by atoms with van der Waals surface area (Å²) in [5, 5.41) is 3.35. The highest BCUT2D eigenvalue weighted by atomic mass is 79.9. The first-order valence-electron chi connectivity index (χ1n) is 4.65. The maximum atomic E-state index is 5.44. The lowest BCUT2D eigenvalue weighted by Crippen LogP contribution is -2.25. The van der Waals surface area contributed by atoms with Gasteiger partial charge in [0.2, 0.25) is 0 Å². The van der Waals surface area contributed by atoms with Gasteiger partial charge in [-0.15, -0.1) is 0 Å². The highest BCUT2D eigenvalue weighted by molar-refractivity contribution is 9.10. The highest BCUT2D eigenvalue weighted by Crippen LogP contribution is 2.12. The van der Waals surface area contributed by atoms with Gasteiger partial charge in [0.15, 0.2) is 0 Å². The van der Waals surface area contributed by atoms with Crippen LogP contribution >= 0.6 is 15.9 Å². The van der Waals surface area contributed by atoms with E-state index >= 15 is 0 Å². The molecule has 76 valence electrons. The summed E-state index contributed by atoms with van der Waals surface area (Å²) >= 11 is 3.31. The molecule has 5 heteroatoms. The van der Waals surface area contributed by atoms with Gasteiger partial charge in [-0.2, -0.15) is 0 Å². The van der Waals surface area contributed by atoms with Crippen LogP contribution in [0.15, 0.2) is 16.9 Å². The molecular formula is C9H12BrN3O. The molecule has 4 nitrogen and oxygen atoms in total. The van der Waals surface area contributed by atoms with E-state index in [1.165, 1.54) is 0 Å². The predicted octanol–water partition coefficient (Wildman–Crippen LogP) is 1.29. The smallest absolute Gasteiger partial charge is 0.147 e. The number of nitrogens with zero attached hydrogens (tertiary/aromatic N) is 2. The van der Waals surface area contributed by atoms with Gasteiger partial charge in [-0.25, -0.2) is 9.97 Å². The molecule has 0 amide bonds. The number of hydrogen-bond donors (Lipinski definition) is 1. The van der Waals surface area contributed by atoms with Crippen LogP contribution < -0.4 is 5.32 Å². The Kier molecular flexibility index (Phi) is 3.44. The molecule has 1 aliphatic heterocycles. The molecule has 2 heterocycles. The van der Waals surface area contributed by atoms with Crippen LogP contribution in [0.2, 0.25) is 0 Å². The van der Waals surface area contributed by atoms with Crippen molar-refractivity contribution in [1.29, 1.82) is 0 Å². The maximum absolute atomic E-state index is 5.44. The summed E-state index contributed by atoms with van der Waals surface area (Å²) in [6, 6.07) is 0.130. The SMILES string of the molecule is Brc1cnc(C2COCCCN2)nc1. The fourth-order valence-corrected chi connectivity index (χ4v) is 1.58. The first-order chi connectivity index (χ1) is 6.86. The molecule has 0 aliphatic carbocycles. The van der Waals surface area contributed by atoms with E-state index in [0.717, 1.165) is 29.9 Å². The van der Waals surface area contributed by atoms with Crippen molar-refractivity contribution in [3.8, 4) is 0 Å². The number of aromatic nitrogens is 2. The van der Waals surface area contributed by atoms with E-state index in [2.05, 4.69) is 31.2 Å². The average molecular weight is 258 g/mol. The van der Waals surface area contributed by atoms with Crippen molar-refractivity contribution >= 4 is 15.9 Å². The summed E-state index contributed by atoms with van der Waals surface area (Å²) in [5.41, 5.74) is 0. The van der Waals surface area contributed by atoms with Gasteiger partial charge >= 0.3 is 0 Å². The quantitative estimate of drug-likeness (QED) is 0.824. The van der Waals surface area contributed by atoms with Crippen molar-refractivity contribution in [2.45, 2.75) is 12.5 Å². The van der Waals surface area contributed by atoms with Crippen molar-refractivity contribution < 1.29 is 4.74 Å². The number of ether oxygens (including phenoxy) is 1. The van der Waals surface area contributed by atoms with Gasteiger partial charge < -0.3 is 10.1 Å². The minimum Gasteiger partial charge on any atom is -0.379 e. The summed E-state index contributed by atoms with van der Waals surface area (Å²) in [6.45, 7) is 2.44. The summed E-state index contributed by atoms with van der Waals surface area (Å²) in [6.07, 6.45) is 4.57. The molecule has 14 heavy (non-hydrogen) atoms. The molecule has 1 atom stereocenters. The van der Waals surface area contributed by atoms with E-state index in [1.807, 2.05) is 0 Å². The molecule has 0 saturated carbocycles. The normalized spacial score (nSPS) is 23.1. The second-order valence-electron chi connectivity index (χ2n) is 3.19. The average Bonchev–Trinajstić information content (AvgIpc) is 2.47. The fraction of sp³-hybridized carbons (Fsp3) is 0.556. The molecule has 1 aliphatic rings. The zero-order chi connectivity index (χ0) is 9.80. The molecule has 0 spiro atoms. The third-order valence-electron chi connectivity index (χ3n) is 2.09. The number of rotatable bonds is 1. The van der Waals surface area contributed by atoms with Crippen molar-refractivity contribution in [2.24, 2.45) is 0 Å². The third kappa shape index (κ3) is 2.50.